The summed E-state index contributed by atoms with van der Waals surface area (Å²) in [5.74, 6) is -0.986. The van der Waals surface area contributed by atoms with E-state index >= 15 is 0 Å². The molecule has 42 valence electrons. The summed E-state index contributed by atoms with van der Waals surface area (Å²) in [6.07, 6.45) is -2.14. The molecule has 4 heteroatoms. The summed E-state index contributed by atoms with van der Waals surface area (Å²) in [4.78, 5) is 2.64. The topological polar surface area (TPSA) is 9.23 Å². The molecular formula is C3H3F3O. The van der Waals surface area contributed by atoms with E-state index in [1.54, 1.807) is 0 Å². The first kappa shape index (κ1) is 6.33. The maximum atomic E-state index is 10.9. The number of halogens is 3. The van der Waals surface area contributed by atoms with Gasteiger partial charge in [0.1, 0.15) is 0 Å². The van der Waals surface area contributed by atoms with Crippen molar-refractivity contribution in [1.29, 1.82) is 0 Å². The fourth-order valence-electron chi connectivity index (χ4n) is 0.0292. The molecule has 0 saturated carbocycles. The maximum absolute atomic E-state index is 10.9. The Balaban J connectivity index is 3.72. The van der Waals surface area contributed by atoms with Gasteiger partial charge in [-0.15, -0.1) is 0 Å². The van der Waals surface area contributed by atoms with Gasteiger partial charge in [-0.05, 0) is 0 Å². The lowest BCUT2D eigenvalue weighted by Crippen LogP contribution is -1.73. The standard InChI is InChI=1S/C3H3F3O/c1-2(7-6)3(4)5/h1H3. The average molecular weight is 112 g/mol. The monoisotopic (exact) mass is 112 g/mol. The molecule has 7 heavy (non-hydrogen) atoms. The molecule has 0 atom stereocenters. The van der Waals surface area contributed by atoms with Crippen LogP contribution in [0.4, 0.5) is 13.3 Å². The highest BCUT2D eigenvalue weighted by atomic mass is 19.3. The van der Waals surface area contributed by atoms with E-state index < -0.39 is 11.8 Å². The van der Waals surface area contributed by atoms with E-state index in [1.165, 1.54) is 0 Å². The third kappa shape index (κ3) is 2.08. The molecule has 1 nitrogen and oxygen atoms in total. The predicted molar refractivity (Wildman–Crippen MR) is 17.1 cm³/mol. The molecule has 0 aliphatic carbocycles. The van der Waals surface area contributed by atoms with Crippen LogP contribution in [0.15, 0.2) is 11.8 Å². The van der Waals surface area contributed by atoms with Crippen LogP contribution < -0.4 is 0 Å². The van der Waals surface area contributed by atoms with Crippen molar-refractivity contribution in [2.75, 3.05) is 0 Å². The van der Waals surface area contributed by atoms with E-state index in [2.05, 4.69) is 4.94 Å². The molecular weight excluding hydrogens is 109 g/mol. The van der Waals surface area contributed by atoms with Crippen LogP contribution in [0.25, 0.3) is 0 Å². The van der Waals surface area contributed by atoms with Gasteiger partial charge >= 0.3 is 6.08 Å². The first-order chi connectivity index (χ1) is 3.18. The quantitative estimate of drug-likeness (QED) is 0.471. The SMILES string of the molecule is CC(OF)=C(F)F. The molecule has 0 rings (SSSR count). The predicted octanol–water partition coefficient (Wildman–Crippen LogP) is 2.02. The summed E-state index contributed by atoms with van der Waals surface area (Å²) in [5, 5.41) is 0. The zero-order valence-corrected chi connectivity index (χ0v) is 3.54. The Morgan fingerprint density at radius 1 is 1.43 bits per heavy atom. The van der Waals surface area contributed by atoms with Crippen LogP contribution in [0.1, 0.15) is 6.92 Å². The molecule has 0 aliphatic heterocycles. The molecule has 0 spiro atoms. The molecule has 0 heterocycles. The Morgan fingerprint density at radius 3 is 1.86 bits per heavy atom. The van der Waals surface area contributed by atoms with E-state index in [0.717, 1.165) is 6.92 Å². The second kappa shape index (κ2) is 2.49. The van der Waals surface area contributed by atoms with Gasteiger partial charge in [-0.25, -0.2) is 0 Å². The van der Waals surface area contributed by atoms with Gasteiger partial charge in [0.05, 0.1) is 0 Å². The minimum atomic E-state index is -2.14. The zero-order chi connectivity index (χ0) is 5.86. The third-order valence-corrected chi connectivity index (χ3v) is 0.382. The number of hydrogen-bond acceptors (Lipinski definition) is 1. The summed E-state index contributed by atoms with van der Waals surface area (Å²) in [6, 6.07) is 0. The van der Waals surface area contributed by atoms with Crippen molar-refractivity contribution < 1.29 is 18.2 Å². The van der Waals surface area contributed by atoms with Crippen LogP contribution in [0.3, 0.4) is 0 Å². The van der Waals surface area contributed by atoms with E-state index in [-0.39, 0.29) is 0 Å². The molecule has 0 saturated heterocycles. The van der Waals surface area contributed by atoms with Crippen LogP contribution in [-0.2, 0) is 4.94 Å². The average Bonchev–Trinajstić information content (AvgIpc) is 1.65. The fourth-order valence-corrected chi connectivity index (χ4v) is 0.0292. The van der Waals surface area contributed by atoms with Gasteiger partial charge in [-0.1, -0.05) is 0 Å². The molecule has 0 fully saturated rings. The molecule has 0 radical (unpaired) electrons. The van der Waals surface area contributed by atoms with Crippen molar-refractivity contribution in [3.8, 4) is 0 Å². The lowest BCUT2D eigenvalue weighted by molar-refractivity contribution is -0.0884. The van der Waals surface area contributed by atoms with Crippen molar-refractivity contribution >= 4 is 0 Å². The van der Waals surface area contributed by atoms with E-state index in [9.17, 15) is 13.3 Å². The van der Waals surface area contributed by atoms with Gasteiger partial charge in [-0.3, -0.25) is 4.94 Å². The Hall–Kier alpha value is -0.670. The van der Waals surface area contributed by atoms with Crippen molar-refractivity contribution in [2.45, 2.75) is 6.92 Å². The minimum absolute atomic E-state index is 0.829. The molecule has 0 aromatic heterocycles. The van der Waals surface area contributed by atoms with Crippen molar-refractivity contribution in [1.82, 2.24) is 0 Å². The summed E-state index contributed by atoms with van der Waals surface area (Å²) >= 11 is 0. The van der Waals surface area contributed by atoms with Crippen molar-refractivity contribution in [2.24, 2.45) is 0 Å². The first-order valence-electron chi connectivity index (χ1n) is 1.49. The highest BCUT2D eigenvalue weighted by Crippen LogP contribution is 2.06. The lowest BCUT2D eigenvalue weighted by Gasteiger charge is -1.84. The van der Waals surface area contributed by atoms with Gasteiger partial charge in [0.25, 0.3) is 0 Å². The first-order valence-corrected chi connectivity index (χ1v) is 1.49. The third-order valence-electron chi connectivity index (χ3n) is 0.382. The highest BCUT2D eigenvalue weighted by Gasteiger charge is 1.98. The summed E-state index contributed by atoms with van der Waals surface area (Å²) in [5.41, 5.74) is 0. The van der Waals surface area contributed by atoms with Gasteiger partial charge in [0.15, 0.2) is 0 Å². The van der Waals surface area contributed by atoms with Crippen molar-refractivity contribution in [3.05, 3.63) is 11.8 Å². The number of rotatable bonds is 1. The molecule has 0 bridgehead atoms. The smallest absolute Gasteiger partial charge is 0.294 e. The molecule has 0 aliphatic rings. The van der Waals surface area contributed by atoms with E-state index in [0.29, 0.717) is 0 Å². The number of hydrogen-bond donors (Lipinski definition) is 0. The second-order valence-electron chi connectivity index (χ2n) is 0.894. The summed E-state index contributed by atoms with van der Waals surface area (Å²) < 4.78 is 32.5. The largest absolute Gasteiger partial charge is 0.311 e. The van der Waals surface area contributed by atoms with Gasteiger partial charge < -0.3 is 0 Å². The van der Waals surface area contributed by atoms with Crippen LogP contribution in [0, 0.1) is 0 Å². The number of allylic oxidation sites excluding steroid dienone is 1. The zero-order valence-electron chi connectivity index (χ0n) is 3.54. The van der Waals surface area contributed by atoms with Crippen LogP contribution in [0.5, 0.6) is 0 Å². The lowest BCUT2D eigenvalue weighted by atomic mass is 10.6. The Bertz CT molecular complexity index is 84.2. The van der Waals surface area contributed by atoms with Gasteiger partial charge in [-0.2, -0.15) is 8.78 Å². The highest BCUT2D eigenvalue weighted by molar-refractivity contribution is 4.85. The van der Waals surface area contributed by atoms with Gasteiger partial charge in [0.2, 0.25) is 5.76 Å². The minimum Gasteiger partial charge on any atom is -0.294 e. The van der Waals surface area contributed by atoms with E-state index in [1.807, 2.05) is 0 Å². The van der Waals surface area contributed by atoms with Crippen LogP contribution in [0.2, 0.25) is 0 Å². The molecule has 0 amide bonds. The van der Waals surface area contributed by atoms with Gasteiger partial charge in [0, 0.05) is 11.4 Å². The Labute approximate surface area is 38.3 Å². The normalized spacial score (nSPS) is 8.00. The molecule has 0 unspecified atom stereocenters. The van der Waals surface area contributed by atoms with Crippen molar-refractivity contribution in [3.63, 3.8) is 0 Å². The van der Waals surface area contributed by atoms with Crippen LogP contribution >= 0.6 is 0 Å². The second-order valence-corrected chi connectivity index (χ2v) is 0.894. The Kier molecular flexibility index (Phi) is 2.26. The summed E-state index contributed by atoms with van der Waals surface area (Å²) in [6.45, 7) is 0.829. The maximum Gasteiger partial charge on any atom is 0.311 e. The van der Waals surface area contributed by atoms with Crippen LogP contribution in [-0.4, -0.2) is 0 Å². The fraction of sp³-hybridized carbons (Fsp3) is 0.333. The molecule has 0 N–H and O–H groups in total. The Morgan fingerprint density at radius 2 is 1.86 bits per heavy atom. The molecule has 0 aromatic carbocycles. The summed E-state index contributed by atoms with van der Waals surface area (Å²) in [7, 11) is 0. The van der Waals surface area contributed by atoms with E-state index in [4.69, 9.17) is 0 Å². The molecule has 0 aromatic rings.